The molecule has 2 rings (SSSR count). The second-order valence-electron chi connectivity index (χ2n) is 3.47. The van der Waals surface area contributed by atoms with Crippen LogP contribution in [0, 0.1) is 0 Å². The second-order valence-corrected chi connectivity index (χ2v) is 4.23. The predicted molar refractivity (Wildman–Crippen MR) is 67.6 cm³/mol. The first kappa shape index (κ1) is 10.9. The lowest BCUT2D eigenvalue weighted by Crippen LogP contribution is -2.02. The van der Waals surface area contributed by atoms with Crippen molar-refractivity contribution in [3.8, 4) is 0 Å². The minimum Gasteiger partial charge on any atom is -0.367 e. The van der Waals surface area contributed by atoms with Gasteiger partial charge in [0.2, 0.25) is 11.1 Å². The summed E-state index contributed by atoms with van der Waals surface area (Å²) in [6.45, 7) is 0.892. The topological polar surface area (TPSA) is 63.8 Å². The Bertz CT molecular complexity index is 427. The van der Waals surface area contributed by atoms with Gasteiger partial charge in [0.15, 0.2) is 0 Å². The van der Waals surface area contributed by atoms with Crippen LogP contribution in [0.25, 0.3) is 0 Å². The van der Waals surface area contributed by atoms with Crippen LogP contribution in [0.4, 0.5) is 11.1 Å². The Morgan fingerprint density at radius 2 is 2.06 bits per heavy atom. The molecule has 0 spiro atoms. The van der Waals surface area contributed by atoms with Crippen LogP contribution in [0.2, 0.25) is 0 Å². The number of aromatic nitrogens is 2. The quantitative estimate of drug-likeness (QED) is 0.778. The second kappa shape index (κ2) is 5.46. The fourth-order valence-electron chi connectivity index (χ4n) is 1.44. The van der Waals surface area contributed by atoms with E-state index in [2.05, 4.69) is 38.9 Å². The Balaban J connectivity index is 1.69. The molecule has 0 saturated carbocycles. The first-order valence-electron chi connectivity index (χ1n) is 5.21. The highest BCUT2D eigenvalue weighted by Crippen LogP contribution is 2.11. The molecule has 2 aromatic rings. The lowest BCUT2D eigenvalue weighted by atomic mass is 10.1. The Labute approximate surface area is 98.7 Å². The van der Waals surface area contributed by atoms with Crippen molar-refractivity contribution in [1.82, 2.24) is 9.36 Å². The molecule has 0 aliphatic rings. The minimum atomic E-state index is 0.343. The van der Waals surface area contributed by atoms with E-state index in [-0.39, 0.29) is 0 Å². The number of aryl methyl sites for hydroxylation is 1. The largest absolute Gasteiger partial charge is 0.367 e. The van der Waals surface area contributed by atoms with Crippen molar-refractivity contribution in [2.45, 2.75) is 12.8 Å². The molecule has 0 aliphatic heterocycles. The summed E-state index contributed by atoms with van der Waals surface area (Å²) in [5.74, 6) is 0.343. The molecule has 3 N–H and O–H groups in total. The van der Waals surface area contributed by atoms with Gasteiger partial charge >= 0.3 is 0 Å². The van der Waals surface area contributed by atoms with Gasteiger partial charge in [-0.15, -0.1) is 0 Å². The molecule has 1 heterocycles. The van der Waals surface area contributed by atoms with E-state index in [0.717, 1.165) is 24.5 Å². The number of benzene rings is 1. The molecule has 1 aromatic heterocycles. The van der Waals surface area contributed by atoms with E-state index in [9.17, 15) is 0 Å². The summed E-state index contributed by atoms with van der Waals surface area (Å²) >= 11 is 1.30. The van der Waals surface area contributed by atoms with Crippen LogP contribution in [0.3, 0.4) is 0 Å². The number of rotatable bonds is 5. The maximum absolute atomic E-state index is 5.42. The zero-order valence-corrected chi connectivity index (χ0v) is 9.70. The monoisotopic (exact) mass is 234 g/mol. The lowest BCUT2D eigenvalue weighted by Gasteiger charge is -2.02. The number of nitrogens with one attached hydrogen (secondary N) is 1. The smallest absolute Gasteiger partial charge is 0.233 e. The molecule has 0 saturated heterocycles. The first-order chi connectivity index (χ1) is 7.84. The third-order valence-electron chi connectivity index (χ3n) is 2.20. The van der Waals surface area contributed by atoms with E-state index in [4.69, 9.17) is 5.73 Å². The number of nitrogens with two attached hydrogens (primary N) is 1. The van der Waals surface area contributed by atoms with Crippen LogP contribution in [-0.2, 0) is 6.42 Å². The summed E-state index contributed by atoms with van der Waals surface area (Å²) in [5, 5.41) is 4.00. The van der Waals surface area contributed by atoms with Crippen molar-refractivity contribution in [2.75, 3.05) is 17.6 Å². The molecule has 0 aliphatic carbocycles. The lowest BCUT2D eigenvalue weighted by molar-refractivity contribution is 0.862. The van der Waals surface area contributed by atoms with Gasteiger partial charge in [0, 0.05) is 18.1 Å². The van der Waals surface area contributed by atoms with E-state index in [1.807, 2.05) is 6.07 Å². The maximum atomic E-state index is 5.42. The van der Waals surface area contributed by atoms with E-state index in [1.165, 1.54) is 17.1 Å². The molecular weight excluding hydrogens is 220 g/mol. The molecule has 0 fully saturated rings. The van der Waals surface area contributed by atoms with Gasteiger partial charge in [-0.05, 0) is 18.4 Å². The SMILES string of the molecule is Nc1nsc(NCCCc2ccccc2)n1. The maximum Gasteiger partial charge on any atom is 0.233 e. The average Bonchev–Trinajstić information content (AvgIpc) is 2.72. The van der Waals surface area contributed by atoms with Gasteiger partial charge in [-0.1, -0.05) is 30.3 Å². The summed E-state index contributed by atoms with van der Waals surface area (Å²) < 4.78 is 3.90. The van der Waals surface area contributed by atoms with Crippen LogP contribution in [0.5, 0.6) is 0 Å². The molecule has 0 radical (unpaired) electrons. The third kappa shape index (κ3) is 3.20. The molecule has 16 heavy (non-hydrogen) atoms. The highest BCUT2D eigenvalue weighted by Gasteiger charge is 1.98. The molecule has 1 aromatic carbocycles. The van der Waals surface area contributed by atoms with Gasteiger partial charge < -0.3 is 11.1 Å². The fraction of sp³-hybridized carbons (Fsp3) is 0.273. The van der Waals surface area contributed by atoms with E-state index >= 15 is 0 Å². The number of anilines is 2. The number of hydrogen-bond donors (Lipinski definition) is 2. The zero-order valence-electron chi connectivity index (χ0n) is 8.89. The number of nitrogen functional groups attached to an aromatic ring is 1. The normalized spacial score (nSPS) is 10.2. The molecule has 0 atom stereocenters. The van der Waals surface area contributed by atoms with Gasteiger partial charge in [0.25, 0.3) is 0 Å². The summed E-state index contributed by atoms with van der Waals surface area (Å²) in [4.78, 5) is 4.03. The fourth-order valence-corrected chi connectivity index (χ4v) is 1.96. The van der Waals surface area contributed by atoms with Crippen LogP contribution >= 0.6 is 11.5 Å². The highest BCUT2D eigenvalue weighted by molar-refractivity contribution is 7.09. The zero-order chi connectivity index (χ0) is 11.2. The van der Waals surface area contributed by atoms with Crippen LogP contribution < -0.4 is 11.1 Å². The van der Waals surface area contributed by atoms with Gasteiger partial charge in [0.1, 0.15) is 0 Å². The van der Waals surface area contributed by atoms with Crippen LogP contribution in [-0.4, -0.2) is 15.9 Å². The van der Waals surface area contributed by atoms with Gasteiger partial charge in [-0.25, -0.2) is 0 Å². The number of hydrogen-bond acceptors (Lipinski definition) is 5. The third-order valence-corrected chi connectivity index (χ3v) is 2.89. The predicted octanol–water partition coefficient (Wildman–Crippen LogP) is 2.17. The Kier molecular flexibility index (Phi) is 3.71. The summed E-state index contributed by atoms with van der Waals surface area (Å²) in [5.41, 5.74) is 6.78. The molecular formula is C11H14N4S. The Morgan fingerprint density at radius 1 is 1.25 bits per heavy atom. The minimum absolute atomic E-state index is 0.343. The molecule has 5 heteroatoms. The van der Waals surface area contributed by atoms with Gasteiger partial charge in [-0.3, -0.25) is 0 Å². The molecule has 4 nitrogen and oxygen atoms in total. The Hall–Kier alpha value is -1.62. The van der Waals surface area contributed by atoms with Crippen molar-refractivity contribution in [2.24, 2.45) is 0 Å². The summed E-state index contributed by atoms with van der Waals surface area (Å²) in [6, 6.07) is 10.4. The number of nitrogens with zero attached hydrogens (tertiary/aromatic N) is 2. The van der Waals surface area contributed by atoms with E-state index in [1.54, 1.807) is 0 Å². The van der Waals surface area contributed by atoms with Gasteiger partial charge in [-0.2, -0.15) is 9.36 Å². The molecule has 0 unspecified atom stereocenters. The molecule has 0 amide bonds. The van der Waals surface area contributed by atoms with Crippen LogP contribution in [0.1, 0.15) is 12.0 Å². The van der Waals surface area contributed by atoms with Crippen molar-refractivity contribution in [3.05, 3.63) is 35.9 Å². The van der Waals surface area contributed by atoms with Crippen molar-refractivity contribution >= 4 is 22.6 Å². The van der Waals surface area contributed by atoms with Crippen molar-refractivity contribution in [1.29, 1.82) is 0 Å². The van der Waals surface area contributed by atoms with Crippen LogP contribution in [0.15, 0.2) is 30.3 Å². The van der Waals surface area contributed by atoms with Gasteiger partial charge in [0.05, 0.1) is 0 Å². The Morgan fingerprint density at radius 3 is 2.75 bits per heavy atom. The first-order valence-corrected chi connectivity index (χ1v) is 5.99. The standard InChI is InChI=1S/C11H14N4S/c12-10-14-11(16-15-10)13-8-4-7-9-5-2-1-3-6-9/h1-3,5-6H,4,7-8H2,(H3,12,13,14,15). The van der Waals surface area contributed by atoms with E-state index < -0.39 is 0 Å². The van der Waals surface area contributed by atoms with Crippen molar-refractivity contribution < 1.29 is 0 Å². The van der Waals surface area contributed by atoms with Crippen molar-refractivity contribution in [3.63, 3.8) is 0 Å². The average molecular weight is 234 g/mol. The van der Waals surface area contributed by atoms with E-state index in [0.29, 0.717) is 5.95 Å². The molecule has 84 valence electrons. The summed E-state index contributed by atoms with van der Waals surface area (Å²) in [7, 11) is 0. The molecule has 0 bridgehead atoms. The summed E-state index contributed by atoms with van der Waals surface area (Å²) in [6.07, 6.45) is 2.14. The highest BCUT2D eigenvalue weighted by atomic mass is 32.1.